The number of fused-ring (bicyclic) bond motifs is 2. The third kappa shape index (κ3) is 2.87. The van der Waals surface area contributed by atoms with E-state index in [1.54, 1.807) is 12.1 Å². The van der Waals surface area contributed by atoms with Crippen molar-refractivity contribution in [2.75, 3.05) is 0 Å². The molecule has 21 heavy (non-hydrogen) atoms. The molecule has 99 valence electrons. The minimum atomic E-state index is -1.24. The molecule has 0 bridgehead atoms. The van der Waals surface area contributed by atoms with Gasteiger partial charge >= 0.3 is 11.9 Å². The van der Waals surface area contributed by atoms with Gasteiger partial charge in [0.25, 0.3) is 0 Å². The van der Waals surface area contributed by atoms with Gasteiger partial charge in [0, 0.05) is 49.9 Å². The second-order valence-corrected chi connectivity index (χ2v) is 4.52. The largest absolute Gasteiger partial charge is 0.478 e. The number of carbonyl (C=O) groups is 2. The minimum Gasteiger partial charge on any atom is -0.478 e. The van der Waals surface area contributed by atoms with Crippen LogP contribution >= 0.6 is 0 Å². The van der Waals surface area contributed by atoms with E-state index in [2.05, 4.69) is 0 Å². The van der Waals surface area contributed by atoms with Crippen molar-refractivity contribution in [1.29, 1.82) is 0 Å². The predicted octanol–water partition coefficient (Wildman–Crippen LogP) is 3.39. The molecule has 2 N–H and O–H groups in total. The molecule has 0 fully saturated rings. The number of hydrogen-bond donors (Lipinski definition) is 2. The zero-order valence-corrected chi connectivity index (χ0v) is 19.5. The Hall–Kier alpha value is -1.28. The van der Waals surface area contributed by atoms with Crippen molar-refractivity contribution < 1.29 is 69.7 Å². The maximum absolute atomic E-state index is 11.4. The van der Waals surface area contributed by atoms with E-state index in [0.29, 0.717) is 10.8 Å². The van der Waals surface area contributed by atoms with Gasteiger partial charge in [0.1, 0.15) is 0 Å². The second-order valence-electron chi connectivity index (χ2n) is 4.52. The maximum Gasteiger partial charge on any atom is 0.337 e. The van der Waals surface area contributed by atoms with Crippen molar-refractivity contribution in [3.05, 3.63) is 59.7 Å². The van der Waals surface area contributed by atoms with Crippen LogP contribution in [0.4, 0.5) is 0 Å². The third-order valence-corrected chi connectivity index (χ3v) is 3.33. The summed E-state index contributed by atoms with van der Waals surface area (Å²) < 4.78 is 0. The monoisotopic (exact) mass is 489 g/mol. The molecule has 0 aromatic heterocycles. The zero-order chi connectivity index (χ0) is 14.3. The van der Waals surface area contributed by atoms with Gasteiger partial charge in [-0.15, -0.1) is 0 Å². The smallest absolute Gasteiger partial charge is 0.337 e. The number of benzene rings is 3. The Bertz CT molecular complexity index is 871. The molecule has 0 saturated carbocycles. The molecule has 5 heteroatoms. The molecule has 0 amide bonds. The SMILES string of the molecule is O=C(O)c1ccc2cc3ccccc3cc2c1C(=O)O.[Fr]. The molecule has 3 aromatic rings. The first kappa shape index (κ1) is 16.1. The van der Waals surface area contributed by atoms with Gasteiger partial charge in [-0.2, -0.15) is 0 Å². The molecule has 4 nitrogen and oxygen atoms in total. The Labute approximate surface area is 161 Å². The fourth-order valence-corrected chi connectivity index (χ4v) is 2.42. The van der Waals surface area contributed by atoms with Crippen molar-refractivity contribution in [3.63, 3.8) is 0 Å². The quantitative estimate of drug-likeness (QED) is 0.542. The van der Waals surface area contributed by atoms with Crippen LogP contribution in [0.2, 0.25) is 0 Å². The number of rotatable bonds is 2. The van der Waals surface area contributed by atoms with Gasteiger partial charge in [-0.1, -0.05) is 30.3 Å². The Morgan fingerprint density at radius 1 is 0.762 bits per heavy atom. The molecule has 0 atom stereocenters. The summed E-state index contributed by atoms with van der Waals surface area (Å²) >= 11 is 0. The maximum atomic E-state index is 11.4. The van der Waals surface area contributed by atoms with Crippen LogP contribution in [0.15, 0.2) is 48.5 Å². The number of carboxylic acids is 2. The van der Waals surface area contributed by atoms with Crippen molar-refractivity contribution in [2.45, 2.75) is 0 Å². The van der Waals surface area contributed by atoms with E-state index in [9.17, 15) is 14.7 Å². The number of aromatic carboxylic acids is 2. The summed E-state index contributed by atoms with van der Waals surface area (Å²) in [6.45, 7) is 0. The molecule has 0 heterocycles. The summed E-state index contributed by atoms with van der Waals surface area (Å²) in [6, 6.07) is 14.1. The fourth-order valence-electron chi connectivity index (χ4n) is 2.42. The first-order chi connectivity index (χ1) is 9.58. The van der Waals surface area contributed by atoms with E-state index in [1.165, 1.54) is 6.07 Å². The van der Waals surface area contributed by atoms with Crippen LogP contribution in [-0.2, 0) is 0 Å². The molecule has 3 rings (SSSR count). The van der Waals surface area contributed by atoms with Crippen LogP contribution in [0.25, 0.3) is 21.5 Å². The first-order valence-corrected chi connectivity index (χ1v) is 6.00. The number of carboxylic acid groups (broad SMARTS) is 2. The van der Waals surface area contributed by atoms with E-state index in [0.717, 1.165) is 10.8 Å². The molecule has 0 aliphatic carbocycles. The van der Waals surface area contributed by atoms with Gasteiger partial charge in [0.2, 0.25) is 0 Å². The van der Waals surface area contributed by atoms with Crippen molar-refractivity contribution in [1.82, 2.24) is 0 Å². The first-order valence-electron chi connectivity index (χ1n) is 6.00. The average Bonchev–Trinajstić information content (AvgIpc) is 2.43. The molecule has 0 spiro atoms. The molecule has 0 saturated heterocycles. The normalized spacial score (nSPS) is 10.3. The van der Waals surface area contributed by atoms with Gasteiger partial charge in [0.15, 0.2) is 0 Å². The molecule has 3 aromatic carbocycles. The van der Waals surface area contributed by atoms with E-state index in [-0.39, 0.29) is 61.0 Å². The van der Waals surface area contributed by atoms with E-state index < -0.39 is 11.9 Å². The van der Waals surface area contributed by atoms with Crippen molar-refractivity contribution >= 4 is 33.5 Å². The summed E-state index contributed by atoms with van der Waals surface area (Å²) in [6.07, 6.45) is 0. The predicted molar refractivity (Wildman–Crippen MR) is 75.4 cm³/mol. The standard InChI is InChI=1S/C16H10O4.Fr/c17-15(18)12-6-5-11-7-9-3-1-2-4-10(9)8-13(11)14(12)16(19)20;/h1-8H,(H,17,18)(H,19,20);. The van der Waals surface area contributed by atoms with Crippen molar-refractivity contribution in [3.8, 4) is 0 Å². The molecule has 1 radical (unpaired) electrons. The molecule has 0 aliphatic rings. The van der Waals surface area contributed by atoms with Crippen LogP contribution in [0, 0.1) is 49.9 Å². The van der Waals surface area contributed by atoms with Crippen LogP contribution in [-0.4, -0.2) is 22.2 Å². The summed E-state index contributed by atoms with van der Waals surface area (Å²) in [5, 5.41) is 21.5. The van der Waals surface area contributed by atoms with Crippen LogP contribution < -0.4 is 0 Å². The van der Waals surface area contributed by atoms with Crippen molar-refractivity contribution in [2.24, 2.45) is 0 Å². The minimum absolute atomic E-state index is 0. The summed E-state index contributed by atoms with van der Waals surface area (Å²) in [7, 11) is 0. The van der Waals surface area contributed by atoms with Gasteiger partial charge in [-0.25, -0.2) is 9.59 Å². The Balaban J connectivity index is 0.00000161. The van der Waals surface area contributed by atoms with Gasteiger partial charge in [-0.05, 0) is 39.7 Å². The zero-order valence-electron chi connectivity index (χ0n) is 11.3. The van der Waals surface area contributed by atoms with Crippen LogP contribution in [0.5, 0.6) is 0 Å². The summed E-state index contributed by atoms with van der Waals surface area (Å²) in [5.41, 5.74) is -0.360. The number of hydrogen-bond acceptors (Lipinski definition) is 2. The Kier molecular flexibility index (Phi) is 4.77. The topological polar surface area (TPSA) is 74.6 Å². The third-order valence-electron chi connectivity index (χ3n) is 3.33. The summed E-state index contributed by atoms with van der Waals surface area (Å²) in [5.74, 6) is -2.47. The molecule has 0 unspecified atom stereocenters. The van der Waals surface area contributed by atoms with E-state index >= 15 is 0 Å². The average molecular weight is 489 g/mol. The Morgan fingerprint density at radius 2 is 1.38 bits per heavy atom. The summed E-state index contributed by atoms with van der Waals surface area (Å²) in [4.78, 5) is 22.6. The Morgan fingerprint density at radius 3 is 1.95 bits per heavy atom. The van der Waals surface area contributed by atoms with Gasteiger partial charge < -0.3 is 10.2 Å². The molecule has 0 aliphatic heterocycles. The van der Waals surface area contributed by atoms with Gasteiger partial charge in [-0.3, -0.25) is 0 Å². The van der Waals surface area contributed by atoms with E-state index in [1.807, 2.05) is 30.3 Å². The fraction of sp³-hybridized carbons (Fsp3) is 0. The van der Waals surface area contributed by atoms with Crippen LogP contribution in [0.1, 0.15) is 20.7 Å². The van der Waals surface area contributed by atoms with E-state index in [4.69, 9.17) is 5.11 Å². The van der Waals surface area contributed by atoms with Gasteiger partial charge in [0.05, 0.1) is 11.1 Å². The second kappa shape index (κ2) is 6.23. The van der Waals surface area contributed by atoms with Crippen LogP contribution in [0.3, 0.4) is 0 Å². The molecular weight excluding hydrogens is 479 g/mol. The molecular formula is C16H10FrO4.